The molecule has 1 aliphatic heterocycles. The predicted octanol–water partition coefficient (Wildman–Crippen LogP) is 2.93. The molecule has 0 aliphatic carbocycles. The molecule has 0 saturated carbocycles. The van der Waals surface area contributed by atoms with Crippen LogP contribution >= 0.6 is 24.0 Å². The Kier molecular flexibility index (Phi) is 6.79. The molecule has 1 unspecified atom stereocenters. The molecule has 0 radical (unpaired) electrons. The van der Waals surface area contributed by atoms with Crippen molar-refractivity contribution in [1.82, 2.24) is 30.4 Å². The van der Waals surface area contributed by atoms with Gasteiger partial charge in [0.2, 0.25) is 0 Å². The largest absolute Gasteiger partial charge is 0.314 e. The number of piperazine rings is 1. The van der Waals surface area contributed by atoms with Crippen LogP contribution in [-0.2, 0) is 6.42 Å². The molecule has 1 N–H and O–H groups in total. The van der Waals surface area contributed by atoms with E-state index in [0.717, 1.165) is 49.1 Å². The average molecular weight is 405 g/mol. The van der Waals surface area contributed by atoms with Crippen molar-refractivity contribution in [3.8, 4) is 5.69 Å². The third-order valence-electron chi connectivity index (χ3n) is 4.78. The molecule has 0 bridgehead atoms. The number of hydrogen-bond donors (Lipinski definition) is 1. The third-order valence-corrected chi connectivity index (χ3v) is 5.12. The van der Waals surface area contributed by atoms with Gasteiger partial charge in [0.05, 0.1) is 5.69 Å². The molecule has 2 aromatic carbocycles. The first-order valence-electron chi connectivity index (χ1n) is 8.85. The van der Waals surface area contributed by atoms with Crippen LogP contribution in [-0.4, -0.2) is 51.3 Å². The van der Waals surface area contributed by atoms with Gasteiger partial charge in [-0.05, 0) is 34.2 Å². The Labute approximate surface area is 169 Å². The molecule has 1 aliphatic rings. The van der Waals surface area contributed by atoms with Crippen LogP contribution in [0.25, 0.3) is 5.69 Å². The van der Waals surface area contributed by atoms with Gasteiger partial charge in [-0.1, -0.05) is 48.0 Å². The Bertz CT molecular complexity index is 854. The van der Waals surface area contributed by atoms with Crippen molar-refractivity contribution in [2.45, 2.75) is 12.5 Å². The number of nitrogens with one attached hydrogen (secondary N) is 1. The van der Waals surface area contributed by atoms with Crippen molar-refractivity contribution in [3.05, 3.63) is 71.0 Å². The van der Waals surface area contributed by atoms with Crippen LogP contribution < -0.4 is 5.32 Å². The summed E-state index contributed by atoms with van der Waals surface area (Å²) in [7, 11) is 0. The first kappa shape index (κ1) is 19.8. The van der Waals surface area contributed by atoms with Gasteiger partial charge in [0, 0.05) is 43.7 Å². The van der Waals surface area contributed by atoms with E-state index < -0.39 is 0 Å². The van der Waals surface area contributed by atoms with E-state index in [1.54, 1.807) is 0 Å². The summed E-state index contributed by atoms with van der Waals surface area (Å²) in [5.74, 6) is 0.868. The highest BCUT2D eigenvalue weighted by Gasteiger charge is 2.25. The number of hydrogen-bond acceptors (Lipinski definition) is 5. The second-order valence-corrected chi connectivity index (χ2v) is 6.78. The van der Waals surface area contributed by atoms with Crippen molar-refractivity contribution in [3.63, 3.8) is 0 Å². The van der Waals surface area contributed by atoms with Gasteiger partial charge in [0.25, 0.3) is 0 Å². The normalized spacial score (nSPS) is 17.4. The number of tetrazole rings is 1. The molecule has 142 valence electrons. The minimum Gasteiger partial charge on any atom is -0.314 e. The summed E-state index contributed by atoms with van der Waals surface area (Å²) in [4.78, 5) is 2.46. The maximum atomic E-state index is 6.44. The number of halogens is 2. The zero-order chi connectivity index (χ0) is 17.8. The predicted molar refractivity (Wildman–Crippen MR) is 109 cm³/mol. The summed E-state index contributed by atoms with van der Waals surface area (Å²) in [5.41, 5.74) is 2.15. The van der Waals surface area contributed by atoms with Crippen molar-refractivity contribution >= 4 is 24.0 Å². The number of para-hydroxylation sites is 1. The number of rotatable bonds is 5. The molecule has 27 heavy (non-hydrogen) atoms. The van der Waals surface area contributed by atoms with Crippen LogP contribution in [0, 0.1) is 0 Å². The summed E-state index contributed by atoms with van der Waals surface area (Å²) in [6.45, 7) is 3.73. The molecule has 3 aromatic rings. The summed E-state index contributed by atoms with van der Waals surface area (Å²) in [6.07, 6.45) is 0.781. The molecule has 4 rings (SSSR count). The van der Waals surface area contributed by atoms with Gasteiger partial charge in [-0.2, -0.15) is 4.68 Å². The molecule has 8 heteroatoms. The topological polar surface area (TPSA) is 58.9 Å². The van der Waals surface area contributed by atoms with Gasteiger partial charge in [0.15, 0.2) is 5.82 Å². The van der Waals surface area contributed by atoms with E-state index in [2.05, 4.69) is 31.8 Å². The van der Waals surface area contributed by atoms with Crippen LogP contribution in [0.4, 0.5) is 0 Å². The van der Waals surface area contributed by atoms with Crippen molar-refractivity contribution in [2.24, 2.45) is 0 Å². The minimum absolute atomic E-state index is 0. The van der Waals surface area contributed by atoms with E-state index in [1.165, 1.54) is 5.56 Å². The standard InChI is InChI=1S/C19H21ClN6.ClH/c20-17-9-5-4-8-16(17)18-14-21-11-13-25(18)12-10-19-22-23-24-26(19)15-6-2-1-3-7-15;/h1-9,18,21H,10-14H2;1H. The SMILES string of the molecule is Cl.Clc1ccccc1C1CNCCN1CCc1nnnn1-c1ccccc1. The smallest absolute Gasteiger partial charge is 0.157 e. The molecule has 1 atom stereocenters. The Hall–Kier alpha value is -1.99. The highest BCUT2D eigenvalue weighted by molar-refractivity contribution is 6.31. The van der Waals surface area contributed by atoms with Crippen LogP contribution in [0.2, 0.25) is 5.02 Å². The maximum Gasteiger partial charge on any atom is 0.157 e. The van der Waals surface area contributed by atoms with Gasteiger partial charge in [0.1, 0.15) is 0 Å². The lowest BCUT2D eigenvalue weighted by atomic mass is 10.0. The summed E-state index contributed by atoms with van der Waals surface area (Å²) in [6, 6.07) is 18.3. The molecule has 6 nitrogen and oxygen atoms in total. The lowest BCUT2D eigenvalue weighted by molar-refractivity contribution is 0.163. The van der Waals surface area contributed by atoms with Crippen LogP contribution in [0.1, 0.15) is 17.4 Å². The van der Waals surface area contributed by atoms with Crippen molar-refractivity contribution in [1.29, 1.82) is 0 Å². The van der Waals surface area contributed by atoms with Crippen LogP contribution in [0.5, 0.6) is 0 Å². The average Bonchev–Trinajstić information content (AvgIpc) is 3.16. The first-order valence-corrected chi connectivity index (χ1v) is 9.22. The van der Waals surface area contributed by atoms with E-state index in [9.17, 15) is 0 Å². The highest BCUT2D eigenvalue weighted by Crippen LogP contribution is 2.28. The van der Waals surface area contributed by atoms with Crippen LogP contribution in [0.3, 0.4) is 0 Å². The maximum absolute atomic E-state index is 6.44. The summed E-state index contributed by atoms with van der Waals surface area (Å²) < 4.78 is 1.81. The summed E-state index contributed by atoms with van der Waals surface area (Å²) >= 11 is 6.44. The summed E-state index contributed by atoms with van der Waals surface area (Å²) in [5, 5.41) is 16.5. The van der Waals surface area contributed by atoms with Gasteiger partial charge >= 0.3 is 0 Å². The first-order chi connectivity index (χ1) is 12.8. The van der Waals surface area contributed by atoms with Crippen molar-refractivity contribution < 1.29 is 0 Å². The second-order valence-electron chi connectivity index (χ2n) is 6.37. The number of benzene rings is 2. The fourth-order valence-electron chi connectivity index (χ4n) is 3.44. The van der Waals surface area contributed by atoms with Gasteiger partial charge in [-0.25, -0.2) is 0 Å². The molecular weight excluding hydrogens is 383 g/mol. The lowest BCUT2D eigenvalue weighted by Crippen LogP contribution is -2.46. The van der Waals surface area contributed by atoms with Crippen molar-refractivity contribution in [2.75, 3.05) is 26.2 Å². The Morgan fingerprint density at radius 2 is 1.85 bits per heavy atom. The highest BCUT2D eigenvalue weighted by atomic mass is 35.5. The van der Waals surface area contributed by atoms with Gasteiger partial charge < -0.3 is 5.32 Å². The quantitative estimate of drug-likeness (QED) is 0.708. The van der Waals surface area contributed by atoms with E-state index >= 15 is 0 Å². The van der Waals surface area contributed by atoms with E-state index in [4.69, 9.17) is 11.6 Å². The minimum atomic E-state index is 0. The lowest BCUT2D eigenvalue weighted by Gasteiger charge is -2.36. The van der Waals surface area contributed by atoms with Gasteiger partial charge in [-0.15, -0.1) is 17.5 Å². The second kappa shape index (κ2) is 9.28. The fraction of sp³-hybridized carbons (Fsp3) is 0.316. The molecule has 0 spiro atoms. The third kappa shape index (κ3) is 4.47. The Balaban J connectivity index is 0.00000210. The number of aromatic nitrogens is 4. The van der Waals surface area contributed by atoms with Gasteiger partial charge in [-0.3, -0.25) is 4.90 Å². The Morgan fingerprint density at radius 3 is 2.67 bits per heavy atom. The number of nitrogens with zero attached hydrogens (tertiary/aromatic N) is 5. The van der Waals surface area contributed by atoms with Crippen LogP contribution in [0.15, 0.2) is 54.6 Å². The Morgan fingerprint density at radius 1 is 1.07 bits per heavy atom. The zero-order valence-corrected chi connectivity index (χ0v) is 16.4. The fourth-order valence-corrected chi connectivity index (χ4v) is 3.70. The van der Waals surface area contributed by atoms with E-state index in [0.29, 0.717) is 0 Å². The zero-order valence-electron chi connectivity index (χ0n) is 14.8. The molecular formula is C19H22Cl2N6. The molecule has 2 heterocycles. The molecule has 1 saturated heterocycles. The molecule has 0 amide bonds. The molecule has 1 aromatic heterocycles. The van der Waals surface area contributed by atoms with E-state index in [1.807, 2.05) is 53.2 Å². The molecule has 1 fully saturated rings. The monoisotopic (exact) mass is 404 g/mol. The van der Waals surface area contributed by atoms with E-state index in [-0.39, 0.29) is 18.4 Å².